The quantitative estimate of drug-likeness (QED) is 0.847. The van der Waals surface area contributed by atoms with Crippen molar-refractivity contribution < 1.29 is 5.11 Å². The van der Waals surface area contributed by atoms with Crippen LogP contribution in [0.5, 0.6) is 0 Å². The molecule has 1 unspecified atom stereocenters. The molecule has 112 valence electrons. The number of hydrogen-bond acceptors (Lipinski definition) is 2. The van der Waals surface area contributed by atoms with Gasteiger partial charge in [-0.15, -0.1) is 0 Å². The third-order valence-corrected chi connectivity index (χ3v) is 5.24. The van der Waals surface area contributed by atoms with Crippen molar-refractivity contribution in [1.82, 2.24) is 4.90 Å². The molecule has 1 aromatic carbocycles. The summed E-state index contributed by atoms with van der Waals surface area (Å²) < 4.78 is 0. The lowest BCUT2D eigenvalue weighted by atomic mass is 9.82. The van der Waals surface area contributed by atoms with Gasteiger partial charge in [0.1, 0.15) is 0 Å². The normalized spacial score (nSPS) is 20.2. The van der Waals surface area contributed by atoms with Crippen molar-refractivity contribution in [3.05, 3.63) is 34.9 Å². The maximum Gasteiger partial charge on any atom is 0.0802 e. The molecule has 0 saturated carbocycles. The van der Waals surface area contributed by atoms with E-state index in [1.807, 2.05) is 24.3 Å². The first kappa shape index (κ1) is 15.8. The second-order valence-electron chi connectivity index (χ2n) is 6.09. The average Bonchev–Trinajstić information content (AvgIpc) is 2.90. The Bertz CT molecular complexity index is 414. The fourth-order valence-corrected chi connectivity index (χ4v) is 3.33. The summed E-state index contributed by atoms with van der Waals surface area (Å²) in [5.74, 6) is 0. The van der Waals surface area contributed by atoms with Gasteiger partial charge >= 0.3 is 0 Å². The van der Waals surface area contributed by atoms with Crippen LogP contribution >= 0.6 is 11.6 Å². The molecular formula is C17H26ClNO. The highest BCUT2D eigenvalue weighted by molar-refractivity contribution is 6.30. The van der Waals surface area contributed by atoms with Crippen LogP contribution in [-0.2, 0) is 0 Å². The maximum atomic E-state index is 10.2. The van der Waals surface area contributed by atoms with Crippen LogP contribution in [0.1, 0.15) is 51.2 Å². The molecule has 0 amide bonds. The van der Waals surface area contributed by atoms with Gasteiger partial charge in [0, 0.05) is 18.1 Å². The molecule has 1 saturated heterocycles. The predicted molar refractivity (Wildman–Crippen MR) is 85.1 cm³/mol. The average molecular weight is 296 g/mol. The summed E-state index contributed by atoms with van der Waals surface area (Å²) in [6.07, 6.45) is 4.24. The van der Waals surface area contributed by atoms with Crippen molar-refractivity contribution in [2.24, 2.45) is 5.41 Å². The third-order valence-electron chi connectivity index (χ3n) is 4.99. The van der Waals surface area contributed by atoms with Gasteiger partial charge < -0.3 is 10.0 Å². The molecule has 0 bridgehead atoms. The predicted octanol–water partition coefficient (Wildman–Crippen LogP) is 4.28. The first-order chi connectivity index (χ1) is 9.58. The Kier molecular flexibility index (Phi) is 5.48. The fraction of sp³-hybridized carbons (Fsp3) is 0.647. The van der Waals surface area contributed by atoms with Crippen LogP contribution in [0.3, 0.4) is 0 Å². The minimum Gasteiger partial charge on any atom is -0.388 e. The lowest BCUT2D eigenvalue weighted by Gasteiger charge is -2.26. The summed E-state index contributed by atoms with van der Waals surface area (Å²) in [6.45, 7) is 7.94. The smallest absolute Gasteiger partial charge is 0.0802 e. The Morgan fingerprint density at radius 3 is 2.45 bits per heavy atom. The Morgan fingerprint density at radius 2 is 1.90 bits per heavy atom. The molecular weight excluding hydrogens is 270 g/mol. The summed E-state index contributed by atoms with van der Waals surface area (Å²) in [4.78, 5) is 2.51. The first-order valence-electron chi connectivity index (χ1n) is 7.74. The SMILES string of the molecule is CCC1(CC)CCN(CCC(O)c2ccc(Cl)cc2)C1. The molecule has 1 aliphatic heterocycles. The molecule has 20 heavy (non-hydrogen) atoms. The Balaban J connectivity index is 1.82. The van der Waals surface area contributed by atoms with Crippen LogP contribution in [0.15, 0.2) is 24.3 Å². The minimum atomic E-state index is -0.384. The zero-order valence-electron chi connectivity index (χ0n) is 12.6. The van der Waals surface area contributed by atoms with Gasteiger partial charge in [-0.3, -0.25) is 0 Å². The number of aliphatic hydroxyl groups excluding tert-OH is 1. The molecule has 1 fully saturated rings. The minimum absolute atomic E-state index is 0.384. The summed E-state index contributed by atoms with van der Waals surface area (Å²) in [5, 5.41) is 11.0. The first-order valence-corrected chi connectivity index (χ1v) is 8.12. The second kappa shape index (κ2) is 6.93. The number of hydrogen-bond donors (Lipinski definition) is 1. The number of benzene rings is 1. The van der Waals surface area contributed by atoms with Gasteiger partial charge in [0.2, 0.25) is 0 Å². The van der Waals surface area contributed by atoms with Crippen LogP contribution in [0.4, 0.5) is 0 Å². The highest BCUT2D eigenvalue weighted by Crippen LogP contribution is 2.37. The van der Waals surface area contributed by atoms with E-state index in [4.69, 9.17) is 11.6 Å². The Hall–Kier alpha value is -0.570. The van der Waals surface area contributed by atoms with Crippen molar-refractivity contribution in [2.75, 3.05) is 19.6 Å². The summed E-state index contributed by atoms with van der Waals surface area (Å²) in [6, 6.07) is 7.52. The van der Waals surface area contributed by atoms with E-state index in [-0.39, 0.29) is 6.10 Å². The van der Waals surface area contributed by atoms with Crippen molar-refractivity contribution in [3.63, 3.8) is 0 Å². The van der Waals surface area contributed by atoms with Gasteiger partial charge in [-0.05, 0) is 55.3 Å². The van der Waals surface area contributed by atoms with E-state index >= 15 is 0 Å². The van der Waals surface area contributed by atoms with Crippen LogP contribution < -0.4 is 0 Å². The number of aliphatic hydroxyl groups is 1. The van der Waals surface area contributed by atoms with Crippen molar-refractivity contribution in [3.8, 4) is 0 Å². The van der Waals surface area contributed by atoms with Crippen LogP contribution in [0.25, 0.3) is 0 Å². The van der Waals surface area contributed by atoms with E-state index < -0.39 is 0 Å². The maximum absolute atomic E-state index is 10.2. The van der Waals surface area contributed by atoms with E-state index in [0.29, 0.717) is 5.41 Å². The molecule has 1 N–H and O–H groups in total. The lowest BCUT2D eigenvalue weighted by Crippen LogP contribution is -2.28. The van der Waals surface area contributed by atoms with Gasteiger partial charge in [0.25, 0.3) is 0 Å². The van der Waals surface area contributed by atoms with Crippen molar-refractivity contribution in [1.29, 1.82) is 0 Å². The molecule has 1 aliphatic rings. The third kappa shape index (κ3) is 3.75. The molecule has 2 nitrogen and oxygen atoms in total. The molecule has 0 radical (unpaired) electrons. The molecule has 0 aromatic heterocycles. The standard InChI is InChI=1S/C17H26ClNO/c1-3-17(4-2)10-12-19(13-17)11-9-16(20)14-5-7-15(18)8-6-14/h5-8,16,20H,3-4,9-13H2,1-2H3. The van der Waals surface area contributed by atoms with Crippen LogP contribution in [0.2, 0.25) is 5.02 Å². The monoisotopic (exact) mass is 295 g/mol. The Morgan fingerprint density at radius 1 is 1.25 bits per heavy atom. The molecule has 1 atom stereocenters. The topological polar surface area (TPSA) is 23.5 Å². The highest BCUT2D eigenvalue weighted by Gasteiger charge is 2.34. The number of likely N-dealkylation sites (tertiary alicyclic amines) is 1. The van der Waals surface area contributed by atoms with Gasteiger partial charge in [-0.25, -0.2) is 0 Å². The summed E-state index contributed by atoms with van der Waals surface area (Å²) in [5.41, 5.74) is 1.48. The zero-order chi connectivity index (χ0) is 14.6. The second-order valence-corrected chi connectivity index (χ2v) is 6.53. The van der Waals surface area contributed by atoms with Gasteiger partial charge in [-0.2, -0.15) is 0 Å². The van der Waals surface area contributed by atoms with E-state index in [2.05, 4.69) is 18.7 Å². The highest BCUT2D eigenvalue weighted by atomic mass is 35.5. The molecule has 3 heteroatoms. The molecule has 1 aromatic rings. The van der Waals surface area contributed by atoms with Gasteiger partial charge in [0.15, 0.2) is 0 Å². The van der Waals surface area contributed by atoms with Crippen molar-refractivity contribution in [2.45, 2.75) is 45.6 Å². The molecule has 0 aliphatic carbocycles. The van der Waals surface area contributed by atoms with Crippen molar-refractivity contribution >= 4 is 11.6 Å². The molecule has 0 spiro atoms. The van der Waals surface area contributed by atoms with E-state index in [1.54, 1.807) is 0 Å². The fourth-order valence-electron chi connectivity index (χ4n) is 3.20. The molecule has 1 heterocycles. The largest absolute Gasteiger partial charge is 0.388 e. The van der Waals surface area contributed by atoms with E-state index in [1.165, 1.54) is 32.4 Å². The van der Waals surface area contributed by atoms with Crippen LogP contribution in [-0.4, -0.2) is 29.6 Å². The summed E-state index contributed by atoms with van der Waals surface area (Å²) in [7, 11) is 0. The van der Waals surface area contributed by atoms with Crippen LogP contribution in [0, 0.1) is 5.41 Å². The summed E-state index contributed by atoms with van der Waals surface area (Å²) >= 11 is 5.87. The van der Waals surface area contributed by atoms with Gasteiger partial charge in [-0.1, -0.05) is 37.6 Å². The number of rotatable bonds is 6. The number of halogens is 1. The number of nitrogens with zero attached hydrogens (tertiary/aromatic N) is 1. The van der Waals surface area contributed by atoms with Gasteiger partial charge in [0.05, 0.1) is 6.10 Å². The lowest BCUT2D eigenvalue weighted by molar-refractivity contribution is 0.143. The Labute approximate surface area is 127 Å². The van der Waals surface area contributed by atoms with E-state index in [0.717, 1.165) is 23.6 Å². The van der Waals surface area contributed by atoms with E-state index in [9.17, 15) is 5.11 Å². The zero-order valence-corrected chi connectivity index (χ0v) is 13.4. The molecule has 2 rings (SSSR count).